The fourth-order valence-corrected chi connectivity index (χ4v) is 4.05. The van der Waals surface area contributed by atoms with Gasteiger partial charge in [-0.3, -0.25) is 4.79 Å². The lowest BCUT2D eigenvalue weighted by molar-refractivity contribution is -0.113. The number of nitrogens with zero attached hydrogens (tertiary/aromatic N) is 6. The standard InChI is InChI=1S/C23H25N7O2S/c1-15-5-9-19(10-6-15)30-17(3)22(16(2)26-30)24-21(31)14-33-23-25-27-28-29(23)13-18-7-11-20(32-4)12-8-18/h5-12H,13-14H2,1-4H3,(H,24,31). The van der Waals surface area contributed by atoms with Gasteiger partial charge in [-0.05, 0) is 61.0 Å². The lowest BCUT2D eigenvalue weighted by Gasteiger charge is -2.08. The number of anilines is 1. The Morgan fingerprint density at radius 2 is 1.79 bits per heavy atom. The largest absolute Gasteiger partial charge is 0.497 e. The van der Waals surface area contributed by atoms with Crippen molar-refractivity contribution in [3.63, 3.8) is 0 Å². The van der Waals surface area contributed by atoms with Gasteiger partial charge in [-0.1, -0.05) is 41.6 Å². The molecule has 2 aromatic carbocycles. The van der Waals surface area contributed by atoms with Gasteiger partial charge in [0, 0.05) is 0 Å². The number of tetrazole rings is 1. The molecule has 1 N–H and O–H groups in total. The highest BCUT2D eigenvalue weighted by molar-refractivity contribution is 7.99. The van der Waals surface area contributed by atoms with Crippen molar-refractivity contribution >= 4 is 23.4 Å². The minimum Gasteiger partial charge on any atom is -0.497 e. The van der Waals surface area contributed by atoms with Crippen molar-refractivity contribution in [1.29, 1.82) is 0 Å². The number of amides is 1. The van der Waals surface area contributed by atoms with Crippen molar-refractivity contribution in [3.8, 4) is 11.4 Å². The second-order valence-electron chi connectivity index (χ2n) is 7.60. The number of aromatic nitrogens is 6. The van der Waals surface area contributed by atoms with Gasteiger partial charge in [0.2, 0.25) is 11.1 Å². The molecule has 33 heavy (non-hydrogen) atoms. The van der Waals surface area contributed by atoms with Gasteiger partial charge < -0.3 is 10.1 Å². The fraction of sp³-hybridized carbons (Fsp3) is 0.261. The summed E-state index contributed by atoms with van der Waals surface area (Å²) in [6.07, 6.45) is 0. The van der Waals surface area contributed by atoms with E-state index in [4.69, 9.17) is 4.74 Å². The Labute approximate surface area is 196 Å². The van der Waals surface area contributed by atoms with Crippen molar-refractivity contribution in [2.45, 2.75) is 32.5 Å². The topological polar surface area (TPSA) is 99.8 Å². The lowest BCUT2D eigenvalue weighted by Crippen LogP contribution is -2.16. The summed E-state index contributed by atoms with van der Waals surface area (Å²) < 4.78 is 8.70. The van der Waals surface area contributed by atoms with Gasteiger partial charge in [0.25, 0.3) is 0 Å². The number of ether oxygens (including phenoxy) is 1. The molecule has 0 aliphatic carbocycles. The Bertz CT molecular complexity index is 1250. The van der Waals surface area contributed by atoms with E-state index in [-0.39, 0.29) is 11.7 Å². The average molecular weight is 464 g/mol. The van der Waals surface area contributed by atoms with Crippen molar-refractivity contribution < 1.29 is 9.53 Å². The summed E-state index contributed by atoms with van der Waals surface area (Å²) in [5.41, 5.74) is 5.52. The maximum Gasteiger partial charge on any atom is 0.234 e. The molecule has 9 nitrogen and oxygen atoms in total. The SMILES string of the molecule is COc1ccc(Cn2nnnc2SCC(=O)Nc2c(C)nn(-c3ccc(C)cc3)c2C)cc1. The molecule has 0 aliphatic heterocycles. The second kappa shape index (κ2) is 9.86. The first-order chi connectivity index (χ1) is 15.9. The van der Waals surface area contributed by atoms with Crippen molar-refractivity contribution in [2.24, 2.45) is 0 Å². The zero-order valence-corrected chi connectivity index (χ0v) is 19.8. The molecule has 10 heteroatoms. The lowest BCUT2D eigenvalue weighted by atomic mass is 10.2. The Balaban J connectivity index is 1.39. The van der Waals surface area contributed by atoms with Crippen LogP contribution >= 0.6 is 11.8 Å². The van der Waals surface area contributed by atoms with Crippen LogP contribution in [0.3, 0.4) is 0 Å². The first kappa shape index (κ1) is 22.5. The van der Waals surface area contributed by atoms with Crippen LogP contribution < -0.4 is 10.1 Å². The number of carbonyl (C=O) groups excluding carboxylic acids is 1. The highest BCUT2D eigenvalue weighted by Gasteiger charge is 2.17. The smallest absolute Gasteiger partial charge is 0.234 e. The molecule has 0 saturated heterocycles. The molecule has 0 atom stereocenters. The summed E-state index contributed by atoms with van der Waals surface area (Å²) in [5.74, 6) is 0.823. The Kier molecular flexibility index (Phi) is 6.74. The van der Waals surface area contributed by atoms with Crippen LogP contribution in [-0.2, 0) is 11.3 Å². The molecule has 0 fully saturated rings. The average Bonchev–Trinajstić information content (AvgIpc) is 3.37. The second-order valence-corrected chi connectivity index (χ2v) is 8.54. The zero-order chi connectivity index (χ0) is 23.4. The van der Waals surface area contributed by atoms with Crippen LogP contribution in [-0.4, -0.2) is 48.8 Å². The van der Waals surface area contributed by atoms with E-state index in [1.165, 1.54) is 17.3 Å². The van der Waals surface area contributed by atoms with Gasteiger partial charge in [0.05, 0.1) is 42.2 Å². The summed E-state index contributed by atoms with van der Waals surface area (Å²) in [7, 11) is 1.63. The molecule has 4 rings (SSSR count). The van der Waals surface area contributed by atoms with E-state index in [0.29, 0.717) is 11.7 Å². The molecule has 170 valence electrons. The number of methoxy groups -OCH3 is 1. The van der Waals surface area contributed by atoms with Crippen LogP contribution in [0, 0.1) is 20.8 Å². The van der Waals surface area contributed by atoms with E-state index in [2.05, 4.69) is 25.9 Å². The minimum atomic E-state index is -0.145. The van der Waals surface area contributed by atoms with E-state index >= 15 is 0 Å². The van der Waals surface area contributed by atoms with E-state index in [0.717, 1.165) is 34.1 Å². The number of hydrogen-bond donors (Lipinski definition) is 1. The van der Waals surface area contributed by atoms with Crippen molar-refractivity contribution in [1.82, 2.24) is 30.0 Å². The van der Waals surface area contributed by atoms with Crippen LogP contribution in [0.2, 0.25) is 0 Å². The minimum absolute atomic E-state index is 0.145. The highest BCUT2D eigenvalue weighted by Crippen LogP contribution is 2.24. The maximum absolute atomic E-state index is 12.7. The predicted molar refractivity (Wildman–Crippen MR) is 127 cm³/mol. The summed E-state index contributed by atoms with van der Waals surface area (Å²) >= 11 is 1.29. The number of hydrogen-bond acceptors (Lipinski definition) is 7. The predicted octanol–water partition coefficient (Wildman–Crippen LogP) is 3.57. The summed E-state index contributed by atoms with van der Waals surface area (Å²) in [5, 5.41) is 20.0. The molecule has 0 unspecified atom stereocenters. The number of nitrogens with one attached hydrogen (secondary N) is 1. The monoisotopic (exact) mass is 463 g/mol. The zero-order valence-electron chi connectivity index (χ0n) is 18.9. The molecular weight excluding hydrogens is 438 g/mol. The molecule has 0 radical (unpaired) electrons. The molecule has 2 heterocycles. The summed E-state index contributed by atoms with van der Waals surface area (Å²) in [6, 6.07) is 15.8. The van der Waals surface area contributed by atoms with Crippen molar-refractivity contribution in [2.75, 3.05) is 18.2 Å². The van der Waals surface area contributed by atoms with Gasteiger partial charge in [0.15, 0.2) is 0 Å². The first-order valence-electron chi connectivity index (χ1n) is 10.4. The molecule has 0 spiro atoms. The third-order valence-electron chi connectivity index (χ3n) is 5.16. The number of benzene rings is 2. The van der Waals surface area contributed by atoms with E-state index in [1.54, 1.807) is 11.8 Å². The molecule has 0 bridgehead atoms. The van der Waals surface area contributed by atoms with Crippen LogP contribution in [0.5, 0.6) is 5.75 Å². The Morgan fingerprint density at radius 1 is 1.06 bits per heavy atom. The molecule has 1 amide bonds. The Hall–Kier alpha value is -3.66. The summed E-state index contributed by atoms with van der Waals surface area (Å²) in [4.78, 5) is 12.7. The molecule has 0 saturated carbocycles. The number of rotatable bonds is 8. The normalized spacial score (nSPS) is 10.9. The molecule has 2 aromatic heterocycles. The van der Waals surface area contributed by atoms with Crippen molar-refractivity contribution in [3.05, 3.63) is 71.0 Å². The number of thioether (sulfide) groups is 1. The van der Waals surface area contributed by atoms with Crippen LogP contribution in [0.15, 0.2) is 53.7 Å². The van der Waals surface area contributed by atoms with Gasteiger partial charge in [-0.25, -0.2) is 9.36 Å². The molecular formula is C23H25N7O2S. The van der Waals surface area contributed by atoms with Crippen LogP contribution in [0.4, 0.5) is 5.69 Å². The maximum atomic E-state index is 12.7. The van der Waals surface area contributed by atoms with E-state index < -0.39 is 0 Å². The van der Waals surface area contributed by atoms with E-state index in [1.807, 2.05) is 74.0 Å². The molecule has 0 aliphatic rings. The van der Waals surface area contributed by atoms with E-state index in [9.17, 15) is 4.79 Å². The van der Waals surface area contributed by atoms with Crippen LogP contribution in [0.1, 0.15) is 22.5 Å². The van der Waals surface area contributed by atoms with Gasteiger partial charge in [0.1, 0.15) is 5.75 Å². The third-order valence-corrected chi connectivity index (χ3v) is 6.11. The molecule has 4 aromatic rings. The Morgan fingerprint density at radius 3 is 2.48 bits per heavy atom. The fourth-order valence-electron chi connectivity index (χ4n) is 3.37. The number of aryl methyl sites for hydroxylation is 2. The summed E-state index contributed by atoms with van der Waals surface area (Å²) in [6.45, 7) is 6.37. The van der Waals surface area contributed by atoms with Gasteiger partial charge >= 0.3 is 0 Å². The van der Waals surface area contributed by atoms with Gasteiger partial charge in [-0.15, -0.1) is 5.10 Å². The quantitative estimate of drug-likeness (QED) is 0.399. The van der Waals surface area contributed by atoms with Gasteiger partial charge in [-0.2, -0.15) is 5.10 Å². The van der Waals surface area contributed by atoms with Crippen LogP contribution in [0.25, 0.3) is 5.69 Å². The first-order valence-corrected chi connectivity index (χ1v) is 11.4. The number of carbonyl (C=O) groups is 1. The highest BCUT2D eigenvalue weighted by atomic mass is 32.2. The third kappa shape index (κ3) is 5.23.